The summed E-state index contributed by atoms with van der Waals surface area (Å²) in [5.74, 6) is -2.73. The Kier molecular flexibility index (Phi) is 13.0. The largest absolute Gasteiger partial charge is 0.490 e. The van der Waals surface area contributed by atoms with Gasteiger partial charge in [0.05, 0.1) is 18.3 Å². The van der Waals surface area contributed by atoms with Crippen LogP contribution in [0.25, 0.3) is 0 Å². The minimum Gasteiger partial charge on any atom is -0.490 e. The van der Waals surface area contributed by atoms with Crippen LogP contribution >= 0.6 is 15.9 Å². The van der Waals surface area contributed by atoms with Gasteiger partial charge in [-0.15, -0.1) is 0 Å². The number of amidine groups is 1. The van der Waals surface area contributed by atoms with E-state index in [1.165, 1.54) is 0 Å². The van der Waals surface area contributed by atoms with Crippen LogP contribution in [-0.4, -0.2) is 47.6 Å². The highest BCUT2D eigenvalue weighted by molar-refractivity contribution is 9.10. The maximum atomic E-state index is 13.3. The lowest BCUT2D eigenvalue weighted by Crippen LogP contribution is -2.45. The first kappa shape index (κ1) is 35.4. The van der Waals surface area contributed by atoms with E-state index in [0.717, 1.165) is 0 Å². The van der Waals surface area contributed by atoms with Gasteiger partial charge in [-0.1, -0.05) is 18.2 Å². The molecular formula is C29H31BrF3N5O6. The maximum Gasteiger partial charge on any atom is 0.490 e. The van der Waals surface area contributed by atoms with E-state index < -0.39 is 30.0 Å². The zero-order valence-electron chi connectivity index (χ0n) is 23.8. The molecule has 3 rings (SSSR count). The van der Waals surface area contributed by atoms with Gasteiger partial charge in [-0.25, -0.2) is 4.79 Å². The number of alkyl halides is 3. The lowest BCUT2D eigenvalue weighted by Gasteiger charge is -2.22. The van der Waals surface area contributed by atoms with Crippen LogP contribution in [0, 0.1) is 5.41 Å². The molecule has 3 aromatic carbocycles. The monoisotopic (exact) mass is 681 g/mol. The Morgan fingerprint density at radius 3 is 2.14 bits per heavy atom. The average Bonchev–Trinajstić information content (AvgIpc) is 2.95. The molecule has 7 N–H and O–H groups in total. The predicted octanol–water partition coefficient (Wildman–Crippen LogP) is 5.17. The van der Waals surface area contributed by atoms with Crippen LogP contribution in [0.4, 0.5) is 18.9 Å². The van der Waals surface area contributed by atoms with Crippen molar-refractivity contribution < 1.29 is 42.1 Å². The number of hydrazine groups is 1. The Morgan fingerprint density at radius 1 is 1.00 bits per heavy atom. The summed E-state index contributed by atoms with van der Waals surface area (Å²) in [7, 11) is 0. The van der Waals surface area contributed by atoms with Gasteiger partial charge in [0.2, 0.25) is 0 Å². The van der Waals surface area contributed by atoms with Crippen molar-refractivity contribution >= 4 is 45.2 Å². The van der Waals surface area contributed by atoms with Crippen LogP contribution in [0.15, 0.2) is 71.2 Å². The molecule has 0 aliphatic carbocycles. The van der Waals surface area contributed by atoms with Gasteiger partial charge in [0.25, 0.3) is 11.8 Å². The fourth-order valence-corrected chi connectivity index (χ4v) is 3.90. The second-order valence-electron chi connectivity index (χ2n) is 9.10. The number of benzene rings is 3. The number of rotatable bonds is 10. The van der Waals surface area contributed by atoms with Crippen LogP contribution in [0.2, 0.25) is 0 Å². The summed E-state index contributed by atoms with van der Waals surface area (Å²) in [6.07, 6.45) is -5.14. The number of nitrogens with two attached hydrogens (primary N) is 1. The highest BCUT2D eigenvalue weighted by Crippen LogP contribution is 2.33. The van der Waals surface area contributed by atoms with E-state index in [4.69, 9.17) is 30.5 Å². The van der Waals surface area contributed by atoms with Gasteiger partial charge >= 0.3 is 12.1 Å². The number of halogens is 4. The molecule has 1 unspecified atom stereocenters. The Bertz CT molecular complexity index is 1470. The molecule has 0 bridgehead atoms. The molecule has 236 valence electrons. The van der Waals surface area contributed by atoms with Crippen LogP contribution < -0.4 is 31.4 Å². The van der Waals surface area contributed by atoms with Gasteiger partial charge in [0.15, 0.2) is 11.5 Å². The number of amides is 2. The van der Waals surface area contributed by atoms with Gasteiger partial charge in [0, 0.05) is 15.7 Å². The van der Waals surface area contributed by atoms with E-state index in [1.54, 1.807) is 66.7 Å². The Morgan fingerprint density at radius 2 is 1.61 bits per heavy atom. The molecule has 0 radical (unpaired) electrons. The van der Waals surface area contributed by atoms with Crippen molar-refractivity contribution in [3.05, 3.63) is 87.9 Å². The fourth-order valence-electron chi connectivity index (χ4n) is 3.44. The molecule has 0 aliphatic rings. The van der Waals surface area contributed by atoms with Gasteiger partial charge in [-0.05, 0) is 90.8 Å². The smallest absolute Gasteiger partial charge is 0.490 e. The van der Waals surface area contributed by atoms with Crippen LogP contribution in [-0.2, 0) is 9.59 Å². The Labute approximate surface area is 259 Å². The Hall–Kier alpha value is -4.79. The number of ether oxygens (including phenoxy) is 2. The molecular weight excluding hydrogens is 651 g/mol. The zero-order valence-corrected chi connectivity index (χ0v) is 25.4. The van der Waals surface area contributed by atoms with Crippen LogP contribution in [0.5, 0.6) is 11.5 Å². The third-order valence-electron chi connectivity index (χ3n) is 5.39. The molecule has 44 heavy (non-hydrogen) atoms. The topological polar surface area (TPSA) is 176 Å². The number of hydrogen-bond donors (Lipinski definition) is 6. The summed E-state index contributed by atoms with van der Waals surface area (Å²) in [5, 5.41) is 17.9. The van der Waals surface area contributed by atoms with Gasteiger partial charge in [-0.2, -0.15) is 13.2 Å². The highest BCUT2D eigenvalue weighted by Gasteiger charge is 2.38. The number of carboxylic acid groups (broad SMARTS) is 1. The van der Waals surface area contributed by atoms with Crippen LogP contribution in [0.1, 0.15) is 48.3 Å². The number of carbonyl (C=O) groups excluding carboxylic acids is 2. The number of nitrogens with one attached hydrogen (secondary N) is 4. The van der Waals surface area contributed by atoms with Crippen molar-refractivity contribution in [2.75, 3.05) is 11.9 Å². The van der Waals surface area contributed by atoms with Gasteiger partial charge < -0.3 is 25.6 Å². The highest BCUT2D eigenvalue weighted by atomic mass is 79.9. The van der Waals surface area contributed by atoms with Crippen molar-refractivity contribution in [1.29, 1.82) is 5.41 Å². The first-order valence-electron chi connectivity index (χ1n) is 12.9. The Balaban J connectivity index is 0.000000860. The molecule has 2 amide bonds. The summed E-state index contributed by atoms with van der Waals surface area (Å²) < 4.78 is 44.0. The molecule has 15 heteroatoms. The molecule has 3 aromatic rings. The molecule has 0 saturated heterocycles. The third kappa shape index (κ3) is 10.8. The SMILES string of the molecule is CCOc1cc(C(Nc2ccc(C(=N)N)cc2)C(=O)NNC(=O)c2ccccc2Br)ccc1OC(C)C.O=C(O)C(F)(F)F. The lowest BCUT2D eigenvalue weighted by atomic mass is 10.0. The van der Waals surface area contributed by atoms with E-state index in [9.17, 15) is 22.8 Å². The molecule has 0 saturated carbocycles. The molecule has 11 nitrogen and oxygen atoms in total. The number of carbonyl (C=O) groups is 3. The summed E-state index contributed by atoms with van der Waals surface area (Å²) in [6, 6.07) is 18.0. The number of aliphatic carboxylic acids is 1. The van der Waals surface area contributed by atoms with E-state index in [-0.39, 0.29) is 11.9 Å². The second kappa shape index (κ2) is 16.2. The number of nitrogen functional groups attached to an aromatic ring is 1. The minimum absolute atomic E-state index is 0.0577. The van der Waals surface area contributed by atoms with Gasteiger partial charge in [0.1, 0.15) is 11.9 Å². The third-order valence-corrected chi connectivity index (χ3v) is 6.08. The standard InChI is InChI=1S/C27H30BrN5O4.C2HF3O2/c1-4-36-23-15-18(11-14-22(23)37-16(2)3)24(31-19-12-9-17(10-13-19)25(29)30)27(35)33-32-26(34)20-7-5-6-8-21(20)28;3-2(4,5)1(6)7/h5-16,24,31H,4H2,1-3H3,(H3,29,30)(H,32,34)(H,33,35);(H,6,7). The fraction of sp³-hybridized carbons (Fsp3) is 0.241. The van der Waals surface area contributed by atoms with Crippen molar-refractivity contribution in [3.63, 3.8) is 0 Å². The molecule has 0 aliphatic heterocycles. The normalized spacial score (nSPS) is 11.4. The molecule has 0 fully saturated rings. The van der Waals surface area contributed by atoms with Gasteiger partial charge in [-0.3, -0.25) is 25.8 Å². The van der Waals surface area contributed by atoms with Crippen LogP contribution in [0.3, 0.4) is 0 Å². The van der Waals surface area contributed by atoms with Crippen molar-refractivity contribution in [2.24, 2.45) is 5.73 Å². The number of anilines is 1. The predicted molar refractivity (Wildman–Crippen MR) is 161 cm³/mol. The summed E-state index contributed by atoms with van der Waals surface area (Å²) in [5.41, 5.74) is 12.7. The van der Waals surface area contributed by atoms with E-state index in [2.05, 4.69) is 32.1 Å². The maximum absolute atomic E-state index is 13.3. The van der Waals surface area contributed by atoms with E-state index in [1.807, 2.05) is 20.8 Å². The summed E-state index contributed by atoms with van der Waals surface area (Å²) in [6.45, 7) is 6.11. The molecule has 1 atom stereocenters. The average molecular weight is 682 g/mol. The zero-order chi connectivity index (χ0) is 33.0. The summed E-state index contributed by atoms with van der Waals surface area (Å²) >= 11 is 3.34. The van der Waals surface area contributed by atoms with Crippen molar-refractivity contribution in [2.45, 2.75) is 39.1 Å². The minimum atomic E-state index is -5.08. The molecule has 0 spiro atoms. The van der Waals surface area contributed by atoms with Crippen molar-refractivity contribution in [1.82, 2.24) is 10.9 Å². The first-order valence-corrected chi connectivity index (χ1v) is 13.7. The van der Waals surface area contributed by atoms with Crippen molar-refractivity contribution in [3.8, 4) is 11.5 Å². The summed E-state index contributed by atoms with van der Waals surface area (Å²) in [4.78, 5) is 34.9. The lowest BCUT2D eigenvalue weighted by molar-refractivity contribution is -0.192. The molecule has 0 heterocycles. The quantitative estimate of drug-likeness (QED) is 0.0965. The van der Waals surface area contributed by atoms with E-state index in [0.29, 0.717) is 45.0 Å². The number of carboxylic acids is 1. The van der Waals surface area contributed by atoms with E-state index >= 15 is 0 Å². The number of hydrogen-bond acceptors (Lipinski definition) is 7. The first-order chi connectivity index (χ1) is 20.6. The molecule has 0 aromatic heterocycles. The second-order valence-corrected chi connectivity index (χ2v) is 9.95.